The van der Waals surface area contributed by atoms with E-state index < -0.39 is 0 Å². The lowest BCUT2D eigenvalue weighted by Gasteiger charge is -2.44. The van der Waals surface area contributed by atoms with Crippen LogP contribution in [0, 0.1) is 25.7 Å². The van der Waals surface area contributed by atoms with E-state index in [1.165, 1.54) is 5.57 Å². The number of allylic oxidation sites excluding steroid dienone is 1. The molecule has 1 fully saturated rings. The Bertz CT molecular complexity index is 780. The molecule has 0 bridgehead atoms. The highest BCUT2D eigenvalue weighted by Gasteiger charge is 2.42. The van der Waals surface area contributed by atoms with E-state index >= 15 is 0 Å². The van der Waals surface area contributed by atoms with Crippen molar-refractivity contribution in [2.75, 3.05) is 0 Å². The molecule has 4 rings (SSSR count). The first kappa shape index (κ1) is 19.9. The summed E-state index contributed by atoms with van der Waals surface area (Å²) >= 11 is 1.81. The number of aromatic nitrogens is 1. The summed E-state index contributed by atoms with van der Waals surface area (Å²) in [7, 11) is 0. The summed E-state index contributed by atoms with van der Waals surface area (Å²) in [4.78, 5) is 4.86. The van der Waals surface area contributed by atoms with Gasteiger partial charge in [-0.2, -0.15) is 0 Å². The molecule has 3 heterocycles. The Labute approximate surface area is 172 Å². The molecule has 28 heavy (non-hydrogen) atoms. The minimum Gasteiger partial charge on any atom is -0.378 e. The van der Waals surface area contributed by atoms with Crippen molar-refractivity contribution in [2.24, 2.45) is 16.8 Å². The summed E-state index contributed by atoms with van der Waals surface area (Å²) in [6.45, 7) is 8.48. The van der Waals surface area contributed by atoms with Crippen LogP contribution in [0.5, 0.6) is 0 Å². The van der Waals surface area contributed by atoms with Gasteiger partial charge in [-0.25, -0.2) is 4.31 Å². The van der Waals surface area contributed by atoms with Gasteiger partial charge in [-0.3, -0.25) is 4.99 Å². The van der Waals surface area contributed by atoms with Crippen LogP contribution in [0.1, 0.15) is 56.5 Å². The van der Waals surface area contributed by atoms with Crippen LogP contribution in [-0.2, 0) is 0 Å². The molecule has 1 aliphatic carbocycles. The predicted octanol–water partition coefficient (Wildman–Crippen LogP) is 4.55. The summed E-state index contributed by atoms with van der Waals surface area (Å²) in [5.41, 5.74) is 3.35. The van der Waals surface area contributed by atoms with Crippen LogP contribution in [0.15, 0.2) is 27.7 Å². The molecular weight excluding hydrogens is 370 g/mol. The molecule has 0 radical (unpaired) electrons. The molecule has 0 aromatic carbocycles. The smallest absolute Gasteiger partial charge is 0.141 e. The summed E-state index contributed by atoms with van der Waals surface area (Å²) in [5.74, 6) is 1.51. The average Bonchev–Trinajstić information content (AvgIpc) is 3.03. The van der Waals surface area contributed by atoms with Crippen LogP contribution >= 0.6 is 11.9 Å². The fourth-order valence-corrected chi connectivity index (χ4v) is 6.51. The van der Waals surface area contributed by atoms with Gasteiger partial charge in [0.15, 0.2) is 0 Å². The number of hydrogen-bond donors (Lipinski definition) is 1. The van der Waals surface area contributed by atoms with Crippen molar-refractivity contribution in [3.8, 4) is 0 Å². The van der Waals surface area contributed by atoms with Crippen LogP contribution in [0.3, 0.4) is 0 Å². The second-order valence-corrected chi connectivity index (χ2v) is 9.44. The number of aliphatic hydroxyl groups excluding tert-OH is 1. The molecule has 1 aromatic heterocycles. The largest absolute Gasteiger partial charge is 0.378 e. The van der Waals surface area contributed by atoms with E-state index in [0.29, 0.717) is 17.9 Å². The maximum Gasteiger partial charge on any atom is 0.141 e. The Morgan fingerprint density at radius 1 is 1.32 bits per heavy atom. The third-order valence-electron chi connectivity index (χ3n) is 6.49. The van der Waals surface area contributed by atoms with Crippen molar-refractivity contribution in [1.29, 1.82) is 0 Å². The van der Waals surface area contributed by atoms with Gasteiger partial charge < -0.3 is 9.63 Å². The zero-order valence-electron chi connectivity index (χ0n) is 17.2. The van der Waals surface area contributed by atoms with Gasteiger partial charge in [0.05, 0.1) is 11.7 Å². The Hall–Kier alpha value is -1.37. The molecule has 0 spiro atoms. The van der Waals surface area contributed by atoms with Gasteiger partial charge in [-0.05, 0) is 51.2 Å². The first-order valence-electron chi connectivity index (χ1n) is 10.5. The number of nitrogens with zero attached hydrogens (tertiary/aromatic N) is 3. The zero-order valence-corrected chi connectivity index (χ0v) is 18.0. The molecule has 3 aliphatic rings. The van der Waals surface area contributed by atoms with Gasteiger partial charge >= 0.3 is 0 Å². The second-order valence-electron chi connectivity index (χ2n) is 8.26. The number of hydrogen-bond acceptors (Lipinski definition) is 6. The molecule has 0 amide bonds. The third-order valence-corrected chi connectivity index (χ3v) is 7.97. The number of aliphatic imine (C=N–C) groups is 1. The van der Waals surface area contributed by atoms with Gasteiger partial charge in [-0.1, -0.05) is 43.1 Å². The van der Waals surface area contributed by atoms with Gasteiger partial charge in [0.1, 0.15) is 12.0 Å². The average molecular weight is 402 g/mol. The highest BCUT2D eigenvalue weighted by atomic mass is 32.2. The number of piperidine rings is 1. The maximum absolute atomic E-state index is 10.7. The molecule has 152 valence electrons. The Kier molecular flexibility index (Phi) is 5.81. The SMILES string of the molecule is CCC1CCCC(O)N1SC1C=C(c2c(C)noc2C)[C@@H](C)C2N=CC=CC12. The van der Waals surface area contributed by atoms with Crippen LogP contribution in [0.4, 0.5) is 0 Å². The standard InChI is InChI=1S/C22H31N3O2S/c1-5-16-8-6-10-20(26)25(16)28-19-12-18(21-14(3)24-27-15(21)4)13(2)22-17(19)9-7-11-23-22/h7,9,11-13,16-17,19-20,22,26H,5-6,8,10H2,1-4H3/t13-,16?,17?,19?,20?,22?/m1/s1. The van der Waals surface area contributed by atoms with Crippen molar-refractivity contribution in [1.82, 2.24) is 9.46 Å². The summed E-state index contributed by atoms with van der Waals surface area (Å²) in [6, 6.07) is 0.636. The van der Waals surface area contributed by atoms with E-state index in [-0.39, 0.29) is 17.5 Å². The molecule has 5 nitrogen and oxygen atoms in total. The van der Waals surface area contributed by atoms with E-state index in [4.69, 9.17) is 9.52 Å². The highest BCUT2D eigenvalue weighted by Crippen LogP contribution is 2.46. The molecule has 5 unspecified atom stereocenters. The number of dihydropyridines is 1. The number of fused-ring (bicyclic) bond motifs is 1. The van der Waals surface area contributed by atoms with E-state index in [2.05, 4.69) is 41.5 Å². The molecule has 1 N–H and O–H groups in total. The summed E-state index contributed by atoms with van der Waals surface area (Å²) < 4.78 is 7.73. The van der Waals surface area contributed by atoms with E-state index in [1.807, 2.05) is 32.0 Å². The van der Waals surface area contributed by atoms with Crippen molar-refractivity contribution >= 4 is 23.7 Å². The molecule has 1 aromatic rings. The second kappa shape index (κ2) is 8.17. The van der Waals surface area contributed by atoms with E-state index in [0.717, 1.165) is 42.7 Å². The molecule has 1 saturated heterocycles. The van der Waals surface area contributed by atoms with Crippen molar-refractivity contribution in [3.05, 3.63) is 35.2 Å². The third kappa shape index (κ3) is 3.51. The minimum atomic E-state index is -0.367. The molecule has 6 heteroatoms. The Balaban J connectivity index is 1.71. The Morgan fingerprint density at radius 2 is 2.14 bits per heavy atom. The van der Waals surface area contributed by atoms with E-state index in [9.17, 15) is 5.11 Å². The van der Waals surface area contributed by atoms with Gasteiger partial charge in [0.25, 0.3) is 0 Å². The van der Waals surface area contributed by atoms with Crippen LogP contribution in [0.25, 0.3) is 5.57 Å². The van der Waals surface area contributed by atoms with Crippen molar-refractivity contribution < 1.29 is 9.63 Å². The molecule has 6 atom stereocenters. The topological polar surface area (TPSA) is 61.9 Å². The number of rotatable bonds is 4. The lowest BCUT2D eigenvalue weighted by molar-refractivity contribution is 0.00952. The van der Waals surface area contributed by atoms with Gasteiger partial charge in [0.2, 0.25) is 0 Å². The van der Waals surface area contributed by atoms with Crippen molar-refractivity contribution in [3.63, 3.8) is 0 Å². The van der Waals surface area contributed by atoms with E-state index in [1.54, 1.807) is 0 Å². The predicted molar refractivity (Wildman–Crippen MR) is 115 cm³/mol. The number of aryl methyl sites for hydroxylation is 2. The number of aliphatic hydroxyl groups is 1. The fourth-order valence-electron chi connectivity index (χ4n) is 4.95. The minimum absolute atomic E-state index is 0.207. The van der Waals surface area contributed by atoms with Crippen LogP contribution in [-0.4, -0.2) is 44.3 Å². The highest BCUT2D eigenvalue weighted by molar-refractivity contribution is 7.97. The fraction of sp³-hybridized carbons (Fsp3) is 0.636. The summed E-state index contributed by atoms with van der Waals surface area (Å²) in [5, 5.41) is 15.1. The quantitative estimate of drug-likeness (QED) is 0.750. The van der Waals surface area contributed by atoms with Crippen LogP contribution < -0.4 is 0 Å². The molecular formula is C22H31N3O2S. The summed E-state index contributed by atoms with van der Waals surface area (Å²) in [6.07, 6.45) is 12.5. The molecule has 2 aliphatic heterocycles. The van der Waals surface area contributed by atoms with Gasteiger partial charge in [0, 0.05) is 34.9 Å². The Morgan fingerprint density at radius 3 is 2.86 bits per heavy atom. The van der Waals surface area contributed by atoms with Crippen molar-refractivity contribution in [2.45, 2.75) is 76.9 Å². The monoisotopic (exact) mass is 401 g/mol. The lowest BCUT2D eigenvalue weighted by Crippen LogP contribution is -2.45. The first-order chi connectivity index (χ1) is 13.5. The lowest BCUT2D eigenvalue weighted by atomic mass is 9.74. The molecule has 0 saturated carbocycles. The normalized spacial score (nSPS) is 35.7. The first-order valence-corrected chi connectivity index (χ1v) is 11.3. The maximum atomic E-state index is 10.7. The zero-order chi connectivity index (χ0) is 19.8. The van der Waals surface area contributed by atoms with Crippen LogP contribution in [0.2, 0.25) is 0 Å². The van der Waals surface area contributed by atoms with Gasteiger partial charge in [-0.15, -0.1) is 0 Å².